The Morgan fingerprint density at radius 1 is 1.00 bits per heavy atom. The van der Waals surface area contributed by atoms with E-state index in [-0.39, 0.29) is 11.8 Å². The molecule has 0 fully saturated rings. The second-order valence-electron chi connectivity index (χ2n) is 5.53. The monoisotopic (exact) mass is 326 g/mol. The predicted molar refractivity (Wildman–Crippen MR) is 95.3 cm³/mol. The minimum Gasteiger partial charge on any atom is -0.480 e. The lowest BCUT2D eigenvalue weighted by Crippen LogP contribution is -2.32. The molecule has 0 aromatic heterocycles. The van der Waals surface area contributed by atoms with E-state index in [1.807, 2.05) is 38.1 Å². The molecule has 126 valence electrons. The number of ether oxygens (including phenoxy) is 1. The van der Waals surface area contributed by atoms with Crippen LogP contribution in [0, 0.1) is 6.92 Å². The number of aryl methyl sites for hydroxylation is 1. The van der Waals surface area contributed by atoms with Crippen LogP contribution in [0.25, 0.3) is 0 Å². The Hall–Kier alpha value is -2.82. The van der Waals surface area contributed by atoms with E-state index in [0.717, 1.165) is 5.56 Å². The van der Waals surface area contributed by atoms with Gasteiger partial charge in [0.25, 0.3) is 5.91 Å². The van der Waals surface area contributed by atoms with E-state index in [1.54, 1.807) is 24.3 Å². The summed E-state index contributed by atoms with van der Waals surface area (Å²) in [6, 6.07) is 14.6. The average molecular weight is 326 g/mol. The van der Waals surface area contributed by atoms with Gasteiger partial charge in [-0.05, 0) is 49.2 Å². The van der Waals surface area contributed by atoms with E-state index < -0.39 is 6.10 Å². The fourth-order valence-electron chi connectivity index (χ4n) is 2.23. The lowest BCUT2D eigenvalue weighted by Gasteiger charge is -2.18. The summed E-state index contributed by atoms with van der Waals surface area (Å²) in [7, 11) is 0. The Morgan fingerprint density at radius 3 is 2.12 bits per heavy atom. The van der Waals surface area contributed by atoms with Crippen molar-refractivity contribution in [1.82, 2.24) is 0 Å². The Balaban J connectivity index is 2.01. The van der Waals surface area contributed by atoms with Crippen molar-refractivity contribution in [3.05, 3.63) is 54.1 Å². The molecule has 0 spiro atoms. The zero-order chi connectivity index (χ0) is 17.5. The molecule has 0 heterocycles. The lowest BCUT2D eigenvalue weighted by atomic mass is 10.2. The molecule has 0 aliphatic heterocycles. The summed E-state index contributed by atoms with van der Waals surface area (Å²) in [6.45, 7) is 5.30. The van der Waals surface area contributed by atoms with Crippen LogP contribution in [-0.2, 0) is 9.59 Å². The van der Waals surface area contributed by atoms with Crippen LogP contribution in [-0.4, -0.2) is 17.9 Å². The number of para-hydroxylation sites is 1. The van der Waals surface area contributed by atoms with Gasteiger partial charge in [0.1, 0.15) is 5.75 Å². The number of carbonyl (C=O) groups excluding carboxylic acids is 2. The molecule has 2 amide bonds. The third-order valence-electron chi connectivity index (χ3n) is 3.50. The standard InChI is InChI=1S/C19H22N2O3/c1-4-17(24-18-8-6-5-7-13(18)2)19(23)21-16-11-9-15(10-12-16)20-14(3)22/h5-12,17H,4H2,1-3H3,(H,20,22)(H,21,23)/t17-/m1/s1. The zero-order valence-corrected chi connectivity index (χ0v) is 14.1. The number of hydrogen-bond donors (Lipinski definition) is 2. The summed E-state index contributed by atoms with van der Waals surface area (Å²) in [6.07, 6.45) is -0.00874. The van der Waals surface area contributed by atoms with E-state index in [9.17, 15) is 9.59 Å². The van der Waals surface area contributed by atoms with Crippen LogP contribution >= 0.6 is 0 Å². The van der Waals surface area contributed by atoms with Crippen molar-refractivity contribution in [3.8, 4) is 5.75 Å². The fraction of sp³-hybridized carbons (Fsp3) is 0.263. The number of hydrogen-bond acceptors (Lipinski definition) is 3. The van der Waals surface area contributed by atoms with Crippen LogP contribution in [0.3, 0.4) is 0 Å². The molecule has 0 aliphatic carbocycles. The lowest BCUT2D eigenvalue weighted by molar-refractivity contribution is -0.122. The Bertz CT molecular complexity index is 711. The third kappa shape index (κ3) is 4.84. The van der Waals surface area contributed by atoms with Gasteiger partial charge in [0, 0.05) is 18.3 Å². The molecule has 2 N–H and O–H groups in total. The SMILES string of the molecule is CC[C@@H](Oc1ccccc1C)C(=O)Nc1ccc(NC(C)=O)cc1. The Labute approximate surface area is 142 Å². The van der Waals surface area contributed by atoms with Crippen molar-refractivity contribution in [2.75, 3.05) is 10.6 Å². The molecule has 0 radical (unpaired) electrons. The normalized spacial score (nSPS) is 11.5. The number of benzene rings is 2. The number of amides is 2. The van der Waals surface area contributed by atoms with Crippen molar-refractivity contribution in [3.63, 3.8) is 0 Å². The van der Waals surface area contributed by atoms with Gasteiger partial charge in [0.05, 0.1) is 0 Å². The van der Waals surface area contributed by atoms with Crippen LogP contribution in [0.1, 0.15) is 25.8 Å². The average Bonchev–Trinajstić information content (AvgIpc) is 2.55. The third-order valence-corrected chi connectivity index (χ3v) is 3.50. The quantitative estimate of drug-likeness (QED) is 0.849. The molecule has 5 nitrogen and oxygen atoms in total. The molecule has 0 unspecified atom stereocenters. The number of anilines is 2. The first-order valence-corrected chi connectivity index (χ1v) is 7.90. The van der Waals surface area contributed by atoms with Gasteiger partial charge < -0.3 is 15.4 Å². The first-order chi connectivity index (χ1) is 11.5. The van der Waals surface area contributed by atoms with Gasteiger partial charge in [0.2, 0.25) is 5.91 Å². The van der Waals surface area contributed by atoms with Crippen LogP contribution in [0.5, 0.6) is 5.75 Å². The summed E-state index contributed by atoms with van der Waals surface area (Å²) in [4.78, 5) is 23.4. The largest absolute Gasteiger partial charge is 0.480 e. The summed E-state index contributed by atoms with van der Waals surface area (Å²) in [5.41, 5.74) is 2.33. The molecule has 0 bridgehead atoms. The maximum absolute atomic E-state index is 12.4. The molecular weight excluding hydrogens is 304 g/mol. The molecule has 2 rings (SSSR count). The van der Waals surface area contributed by atoms with Gasteiger partial charge in [-0.3, -0.25) is 9.59 Å². The van der Waals surface area contributed by atoms with Crippen molar-refractivity contribution in [2.24, 2.45) is 0 Å². The molecule has 0 saturated heterocycles. The predicted octanol–water partition coefficient (Wildman–Crippen LogP) is 3.75. The van der Waals surface area contributed by atoms with Crippen molar-refractivity contribution >= 4 is 23.2 Å². The van der Waals surface area contributed by atoms with Gasteiger partial charge in [-0.15, -0.1) is 0 Å². The summed E-state index contributed by atoms with van der Waals surface area (Å²) in [5, 5.41) is 5.52. The molecule has 2 aromatic rings. The van der Waals surface area contributed by atoms with Crippen LogP contribution in [0.15, 0.2) is 48.5 Å². The number of nitrogens with one attached hydrogen (secondary N) is 2. The molecule has 2 aromatic carbocycles. The molecule has 5 heteroatoms. The van der Waals surface area contributed by atoms with E-state index in [0.29, 0.717) is 23.5 Å². The minimum absolute atomic E-state index is 0.135. The molecular formula is C19H22N2O3. The highest BCUT2D eigenvalue weighted by atomic mass is 16.5. The highest BCUT2D eigenvalue weighted by Gasteiger charge is 2.19. The Kier molecular flexibility index (Phi) is 5.95. The Morgan fingerprint density at radius 2 is 1.58 bits per heavy atom. The second kappa shape index (κ2) is 8.15. The van der Waals surface area contributed by atoms with Crippen molar-refractivity contribution in [2.45, 2.75) is 33.3 Å². The van der Waals surface area contributed by atoms with Gasteiger partial charge >= 0.3 is 0 Å². The summed E-state index contributed by atoms with van der Waals surface area (Å²) >= 11 is 0. The topological polar surface area (TPSA) is 67.4 Å². The van der Waals surface area contributed by atoms with E-state index in [2.05, 4.69) is 10.6 Å². The number of rotatable bonds is 6. The summed E-state index contributed by atoms with van der Waals surface area (Å²) < 4.78 is 5.84. The van der Waals surface area contributed by atoms with Crippen LogP contribution in [0.4, 0.5) is 11.4 Å². The van der Waals surface area contributed by atoms with E-state index in [1.165, 1.54) is 6.92 Å². The van der Waals surface area contributed by atoms with Gasteiger partial charge in [-0.2, -0.15) is 0 Å². The first-order valence-electron chi connectivity index (χ1n) is 7.90. The van der Waals surface area contributed by atoms with Crippen LogP contribution < -0.4 is 15.4 Å². The molecule has 24 heavy (non-hydrogen) atoms. The van der Waals surface area contributed by atoms with Gasteiger partial charge in [-0.1, -0.05) is 25.1 Å². The van der Waals surface area contributed by atoms with Crippen molar-refractivity contribution < 1.29 is 14.3 Å². The second-order valence-corrected chi connectivity index (χ2v) is 5.53. The van der Waals surface area contributed by atoms with E-state index >= 15 is 0 Å². The molecule has 0 saturated carbocycles. The number of carbonyl (C=O) groups is 2. The van der Waals surface area contributed by atoms with Gasteiger partial charge in [-0.25, -0.2) is 0 Å². The smallest absolute Gasteiger partial charge is 0.265 e. The maximum Gasteiger partial charge on any atom is 0.265 e. The van der Waals surface area contributed by atoms with Crippen molar-refractivity contribution in [1.29, 1.82) is 0 Å². The van der Waals surface area contributed by atoms with E-state index in [4.69, 9.17) is 4.74 Å². The first kappa shape index (κ1) is 17.5. The van der Waals surface area contributed by atoms with Gasteiger partial charge in [0.15, 0.2) is 6.10 Å². The summed E-state index contributed by atoms with van der Waals surface area (Å²) in [5.74, 6) is 0.373. The highest BCUT2D eigenvalue weighted by molar-refractivity contribution is 5.95. The maximum atomic E-state index is 12.4. The molecule has 0 aliphatic rings. The minimum atomic E-state index is -0.568. The zero-order valence-electron chi connectivity index (χ0n) is 14.1. The highest BCUT2D eigenvalue weighted by Crippen LogP contribution is 2.20. The molecule has 1 atom stereocenters. The fourth-order valence-corrected chi connectivity index (χ4v) is 2.23. The van der Waals surface area contributed by atoms with Crippen LogP contribution in [0.2, 0.25) is 0 Å².